The van der Waals surface area contributed by atoms with Crippen molar-refractivity contribution >= 4 is 17.4 Å². The van der Waals surface area contributed by atoms with Crippen molar-refractivity contribution in [1.82, 2.24) is 0 Å². The van der Waals surface area contributed by atoms with Gasteiger partial charge in [0.05, 0.1) is 0 Å². The van der Waals surface area contributed by atoms with E-state index in [9.17, 15) is 4.79 Å². The number of hydrogen-bond donors (Lipinski definition) is 0. The summed E-state index contributed by atoms with van der Waals surface area (Å²) in [6, 6.07) is 0. The summed E-state index contributed by atoms with van der Waals surface area (Å²) in [7, 11) is 0. The summed E-state index contributed by atoms with van der Waals surface area (Å²) in [5.74, 6) is 0.584. The van der Waals surface area contributed by atoms with Crippen LogP contribution in [0.3, 0.4) is 0 Å². The Morgan fingerprint density at radius 1 is 1.06 bits per heavy atom. The average Bonchev–Trinajstić information content (AvgIpc) is 3.20. The minimum absolute atomic E-state index is 0.167. The summed E-state index contributed by atoms with van der Waals surface area (Å²) in [5.41, 5.74) is 0. The Labute approximate surface area is 88.6 Å². The molecule has 10 fully saturated rings. The van der Waals surface area contributed by atoms with Crippen LogP contribution in [0, 0.1) is 0 Å². The average molecular weight is 277 g/mol. The summed E-state index contributed by atoms with van der Waals surface area (Å²) >= 11 is 6.22. The van der Waals surface area contributed by atoms with Crippen molar-refractivity contribution in [3.05, 3.63) is 0 Å². The molecule has 10 aliphatic rings. The zero-order valence-corrected chi connectivity index (χ0v) is 10.8. The molecule has 0 aromatic carbocycles. The third-order valence-electron chi connectivity index (χ3n) is 15.4. The molecule has 0 aromatic heterocycles. The zero-order chi connectivity index (χ0) is 10.2. The molecule has 0 aliphatic carbocycles. The van der Waals surface area contributed by atoms with E-state index in [1.54, 1.807) is 0 Å². The van der Waals surface area contributed by atoms with Crippen LogP contribution in [0.25, 0.3) is 0 Å². The molecular formula is C13H13ClFeO. The second kappa shape index (κ2) is 0.455. The fourth-order valence-electron chi connectivity index (χ4n) is 17.2. The van der Waals surface area contributed by atoms with E-state index in [2.05, 4.69) is 0 Å². The quantitative estimate of drug-likeness (QED) is 0.551. The van der Waals surface area contributed by atoms with Gasteiger partial charge in [0.15, 0.2) is 0 Å². The number of halogens is 1. The molecule has 16 heavy (non-hydrogen) atoms. The van der Waals surface area contributed by atoms with Gasteiger partial charge in [-0.2, -0.15) is 0 Å². The van der Waals surface area contributed by atoms with Crippen molar-refractivity contribution < 1.29 is 11.3 Å². The van der Waals surface area contributed by atoms with Crippen LogP contribution in [0.4, 0.5) is 0 Å². The minimum atomic E-state index is -3.12. The molecule has 10 rings (SSSR count). The summed E-state index contributed by atoms with van der Waals surface area (Å²) in [4.78, 5) is 23.8. The van der Waals surface area contributed by atoms with Crippen LogP contribution in [0.5, 0.6) is 0 Å². The van der Waals surface area contributed by atoms with E-state index in [1.807, 2.05) is 6.92 Å². The van der Waals surface area contributed by atoms with E-state index in [0.29, 0.717) is 10.1 Å². The Hall–Kier alpha value is 0.479. The van der Waals surface area contributed by atoms with E-state index in [4.69, 9.17) is 11.6 Å². The number of carbonyl (C=O) groups is 1. The standard InChI is InChI=1S/C8H8ClO.C5H5.Fe/c1-6(9)8(10)7-4-2-3-5-7;1-2-4-5-3-1;/h2-6H,1H3;1-5H;. The summed E-state index contributed by atoms with van der Waals surface area (Å²) in [6.45, 7) is -1.16. The molecule has 0 N–H and O–H groups in total. The molecule has 0 amide bonds. The summed E-state index contributed by atoms with van der Waals surface area (Å²) in [5, 5.41) is -0.167. The van der Waals surface area contributed by atoms with E-state index in [0.717, 1.165) is 9.63 Å². The van der Waals surface area contributed by atoms with Crippen LogP contribution in [0.1, 0.15) is 6.92 Å². The Balaban J connectivity index is 1.69. The fraction of sp³-hybridized carbons (Fsp3) is 0.923. The first-order chi connectivity index (χ1) is 7.40. The van der Waals surface area contributed by atoms with Gasteiger partial charge < -0.3 is 0 Å². The SMILES string of the molecule is CC(Cl)C(=O)[C]12[CH]3[CH]4[CH]5[CH]1[Fe]45321678[CH]2[CH]1[CH]6[CH]7[CH]28. The van der Waals surface area contributed by atoms with Gasteiger partial charge >= 0.3 is 88.6 Å². The first kappa shape index (κ1) is 6.08. The van der Waals surface area contributed by atoms with Gasteiger partial charge in [-0.1, -0.05) is 0 Å². The van der Waals surface area contributed by atoms with Crippen molar-refractivity contribution in [2.24, 2.45) is 0 Å². The summed E-state index contributed by atoms with van der Waals surface area (Å²) in [6.07, 6.45) is 0. The van der Waals surface area contributed by atoms with Gasteiger partial charge in [0.2, 0.25) is 0 Å². The van der Waals surface area contributed by atoms with Gasteiger partial charge in [-0.15, -0.1) is 0 Å². The molecule has 0 saturated carbocycles. The number of alkyl halides is 1. The van der Waals surface area contributed by atoms with Gasteiger partial charge in [-0.3, -0.25) is 0 Å². The van der Waals surface area contributed by atoms with Gasteiger partial charge in [0.1, 0.15) is 0 Å². The molecule has 10 aliphatic heterocycles. The van der Waals surface area contributed by atoms with Crippen LogP contribution >= 0.6 is 11.6 Å². The first-order valence-corrected chi connectivity index (χ1v) is 13.5. The number of fused-ring (bicyclic) bond motifs is 10. The molecule has 10 saturated heterocycles. The molecule has 3 heteroatoms. The van der Waals surface area contributed by atoms with Crippen molar-refractivity contribution in [1.29, 1.82) is 0 Å². The monoisotopic (exact) mass is 276 g/mol. The number of Topliss-reactive ketones (excluding diaryl/α,β-unsaturated/α-hetero) is 1. The third kappa shape index (κ3) is 0.0527. The van der Waals surface area contributed by atoms with Gasteiger partial charge in [-0.25, -0.2) is 0 Å². The van der Waals surface area contributed by atoms with E-state index in [-0.39, 0.29) is 5.38 Å². The predicted octanol–water partition coefficient (Wildman–Crippen LogP) is 3.94. The molecule has 0 radical (unpaired) electrons. The van der Waals surface area contributed by atoms with Crippen molar-refractivity contribution in [2.45, 2.75) is 60.0 Å². The Bertz CT molecular complexity index is 895. The van der Waals surface area contributed by atoms with Crippen LogP contribution in [0.15, 0.2) is 0 Å². The third-order valence-corrected chi connectivity index (χ3v) is 57.9. The van der Waals surface area contributed by atoms with Gasteiger partial charge in [0.25, 0.3) is 0 Å². The number of carbonyl (C=O) groups excluding carboxylic acids is 1. The number of rotatable bonds is 2. The number of ketones is 1. The Morgan fingerprint density at radius 3 is 1.69 bits per heavy atom. The molecule has 1 spiro atoms. The molecule has 1 nitrogen and oxygen atoms in total. The fourth-order valence-corrected chi connectivity index (χ4v) is 91.4. The molecule has 5 unspecified atom stereocenters. The Morgan fingerprint density at radius 2 is 1.50 bits per heavy atom. The number of hydrogen-bond acceptors (Lipinski definition) is 1. The van der Waals surface area contributed by atoms with Crippen LogP contribution in [0.2, 0.25) is 47.7 Å². The maximum absolute atomic E-state index is 12.8. The topological polar surface area (TPSA) is 17.1 Å². The van der Waals surface area contributed by atoms with Gasteiger partial charge in [-0.05, 0) is 0 Å². The normalized spacial score (nSPS) is 128. The van der Waals surface area contributed by atoms with Crippen LogP contribution in [-0.2, 0) is 11.3 Å². The second-order valence-electron chi connectivity index (χ2n) is 10.7. The maximum atomic E-state index is 12.8. The Kier molecular flexibility index (Phi) is 0.173. The molecule has 0 aromatic rings. The molecule has 5 atom stereocenters. The first-order valence-electron chi connectivity index (χ1n) is 6.80. The predicted molar refractivity (Wildman–Crippen MR) is 56.8 cm³/mol. The molecule has 86 valence electrons. The van der Waals surface area contributed by atoms with E-state index in [1.165, 1.54) is 33.7 Å². The van der Waals surface area contributed by atoms with Crippen LogP contribution < -0.4 is 0 Å². The van der Waals surface area contributed by atoms with Crippen LogP contribution in [-0.4, -0.2) is 11.2 Å². The molecule has 10 heterocycles. The summed E-state index contributed by atoms with van der Waals surface area (Å²) < 4.78 is 0.403. The molecular weight excluding hydrogens is 263 g/mol. The van der Waals surface area contributed by atoms with E-state index < -0.39 is 6.51 Å². The van der Waals surface area contributed by atoms with Crippen molar-refractivity contribution in [3.8, 4) is 0 Å². The van der Waals surface area contributed by atoms with Crippen molar-refractivity contribution in [3.63, 3.8) is 0 Å². The van der Waals surface area contributed by atoms with Gasteiger partial charge in [0, 0.05) is 0 Å². The second-order valence-corrected chi connectivity index (χ2v) is 34.9. The van der Waals surface area contributed by atoms with Crippen molar-refractivity contribution in [2.75, 3.05) is 0 Å². The molecule has 0 bridgehead atoms. The van der Waals surface area contributed by atoms with E-state index >= 15 is 0 Å². The zero-order valence-electron chi connectivity index (χ0n) is 8.91.